The first-order chi connectivity index (χ1) is 6.56. The van der Waals surface area contributed by atoms with E-state index in [1.807, 2.05) is 0 Å². The molecule has 1 aromatic carbocycles. The summed E-state index contributed by atoms with van der Waals surface area (Å²) in [6, 6.07) is 4.68. The molecule has 1 aromatic rings. The number of likely N-dealkylation sites (N-methyl/N-ethyl adjacent to an activating group) is 1. The molecule has 0 atom stereocenters. The van der Waals surface area contributed by atoms with Gasteiger partial charge in [0, 0.05) is 12.1 Å². The van der Waals surface area contributed by atoms with Gasteiger partial charge in [0.25, 0.3) is 5.91 Å². The van der Waals surface area contributed by atoms with Crippen LogP contribution in [-0.2, 0) is 9.59 Å². The number of nitrogens with zero attached hydrogens (tertiary/aromatic N) is 1. The molecule has 0 aliphatic carbocycles. The first kappa shape index (κ1) is 11.0. The molecular weight excluding hydrogens is 225 g/mol. The molecule has 0 saturated heterocycles. The number of carbonyl (C=O) groups is 2. The van der Waals surface area contributed by atoms with E-state index in [4.69, 9.17) is 23.2 Å². The zero-order valence-electron chi connectivity index (χ0n) is 7.33. The van der Waals surface area contributed by atoms with Crippen LogP contribution >= 0.6 is 23.2 Å². The van der Waals surface area contributed by atoms with E-state index in [2.05, 4.69) is 0 Å². The van der Waals surface area contributed by atoms with Crippen LogP contribution < -0.4 is 4.90 Å². The van der Waals surface area contributed by atoms with Crippen LogP contribution in [0.3, 0.4) is 0 Å². The van der Waals surface area contributed by atoms with E-state index in [0.717, 1.165) is 4.90 Å². The van der Waals surface area contributed by atoms with Crippen LogP contribution in [0.15, 0.2) is 18.2 Å². The van der Waals surface area contributed by atoms with Gasteiger partial charge in [0.1, 0.15) is 0 Å². The van der Waals surface area contributed by atoms with E-state index in [9.17, 15) is 9.59 Å². The lowest BCUT2D eigenvalue weighted by Crippen LogP contribution is -2.27. The van der Waals surface area contributed by atoms with Gasteiger partial charge in [0.2, 0.25) is 6.29 Å². The molecule has 1 amide bonds. The fourth-order valence-corrected chi connectivity index (χ4v) is 1.49. The Morgan fingerprint density at radius 1 is 1.43 bits per heavy atom. The number of hydrogen-bond acceptors (Lipinski definition) is 2. The Morgan fingerprint density at radius 2 is 2.07 bits per heavy atom. The zero-order chi connectivity index (χ0) is 10.7. The second-order valence-corrected chi connectivity index (χ2v) is 3.45. The minimum atomic E-state index is -0.658. The van der Waals surface area contributed by atoms with Gasteiger partial charge >= 0.3 is 0 Å². The van der Waals surface area contributed by atoms with E-state index in [1.165, 1.54) is 13.1 Å². The second kappa shape index (κ2) is 4.44. The van der Waals surface area contributed by atoms with E-state index >= 15 is 0 Å². The smallest absolute Gasteiger partial charge is 0.290 e. The van der Waals surface area contributed by atoms with Crippen LogP contribution in [0.4, 0.5) is 5.69 Å². The molecule has 0 aliphatic heterocycles. The summed E-state index contributed by atoms with van der Waals surface area (Å²) in [5.74, 6) is -0.658. The van der Waals surface area contributed by atoms with Crippen LogP contribution in [0.1, 0.15) is 0 Å². The lowest BCUT2D eigenvalue weighted by Gasteiger charge is -2.15. The predicted octanol–water partition coefficient (Wildman–Crippen LogP) is 2.16. The lowest BCUT2D eigenvalue weighted by atomic mass is 10.3. The van der Waals surface area contributed by atoms with Gasteiger partial charge in [-0.05, 0) is 18.2 Å². The standard InChI is InChI=1S/C9H7Cl2NO2/c1-12(9(14)5-13)8-3-2-6(10)4-7(8)11/h2-5H,1H3. The Morgan fingerprint density at radius 3 is 2.57 bits per heavy atom. The van der Waals surface area contributed by atoms with Crippen molar-refractivity contribution < 1.29 is 9.59 Å². The largest absolute Gasteiger partial charge is 0.308 e. The third-order valence-corrected chi connectivity index (χ3v) is 2.24. The van der Waals surface area contributed by atoms with Gasteiger partial charge in [-0.2, -0.15) is 0 Å². The number of halogens is 2. The number of hydrogen-bond donors (Lipinski definition) is 0. The lowest BCUT2D eigenvalue weighted by molar-refractivity contribution is -0.129. The van der Waals surface area contributed by atoms with Gasteiger partial charge in [-0.1, -0.05) is 23.2 Å². The van der Waals surface area contributed by atoms with Crippen molar-refractivity contribution in [1.29, 1.82) is 0 Å². The molecule has 0 bridgehead atoms. The number of benzene rings is 1. The van der Waals surface area contributed by atoms with Crippen molar-refractivity contribution in [3.8, 4) is 0 Å². The quantitative estimate of drug-likeness (QED) is 0.578. The Hall–Kier alpha value is -1.06. The maximum Gasteiger partial charge on any atom is 0.290 e. The SMILES string of the molecule is CN(C(=O)C=O)c1ccc(Cl)cc1Cl. The highest BCUT2D eigenvalue weighted by Crippen LogP contribution is 2.27. The zero-order valence-corrected chi connectivity index (χ0v) is 8.84. The first-order valence-corrected chi connectivity index (χ1v) is 4.49. The molecule has 0 heterocycles. The van der Waals surface area contributed by atoms with E-state index in [0.29, 0.717) is 15.7 Å². The minimum absolute atomic E-state index is 0.227. The molecule has 0 unspecified atom stereocenters. The fourth-order valence-electron chi connectivity index (χ4n) is 0.951. The number of amides is 1. The summed E-state index contributed by atoms with van der Waals surface area (Å²) < 4.78 is 0. The van der Waals surface area contributed by atoms with E-state index in [-0.39, 0.29) is 6.29 Å². The summed E-state index contributed by atoms with van der Waals surface area (Å²) >= 11 is 11.5. The summed E-state index contributed by atoms with van der Waals surface area (Å²) in [7, 11) is 1.46. The molecule has 14 heavy (non-hydrogen) atoms. The molecule has 74 valence electrons. The molecule has 0 fully saturated rings. The van der Waals surface area contributed by atoms with Crippen molar-refractivity contribution in [2.24, 2.45) is 0 Å². The van der Waals surface area contributed by atoms with Gasteiger partial charge in [-0.15, -0.1) is 0 Å². The number of carbonyl (C=O) groups excluding carboxylic acids is 2. The molecule has 0 radical (unpaired) electrons. The summed E-state index contributed by atoms with van der Waals surface area (Å²) in [4.78, 5) is 22.4. The molecular formula is C9H7Cl2NO2. The highest BCUT2D eigenvalue weighted by atomic mass is 35.5. The van der Waals surface area contributed by atoms with Gasteiger partial charge in [-0.3, -0.25) is 9.59 Å². The molecule has 0 spiro atoms. The van der Waals surface area contributed by atoms with E-state index < -0.39 is 5.91 Å². The topological polar surface area (TPSA) is 37.4 Å². The molecule has 3 nitrogen and oxygen atoms in total. The molecule has 5 heteroatoms. The van der Waals surface area contributed by atoms with Gasteiger partial charge in [0.05, 0.1) is 10.7 Å². The van der Waals surface area contributed by atoms with Gasteiger partial charge in [0.15, 0.2) is 0 Å². The van der Waals surface area contributed by atoms with Gasteiger partial charge in [-0.25, -0.2) is 0 Å². The highest BCUT2D eigenvalue weighted by molar-refractivity contribution is 6.38. The minimum Gasteiger partial charge on any atom is -0.308 e. The van der Waals surface area contributed by atoms with Crippen molar-refractivity contribution >= 4 is 41.1 Å². The third-order valence-electron chi connectivity index (χ3n) is 1.70. The van der Waals surface area contributed by atoms with Crippen molar-refractivity contribution in [3.05, 3.63) is 28.2 Å². The van der Waals surface area contributed by atoms with Crippen molar-refractivity contribution in [2.45, 2.75) is 0 Å². The summed E-state index contributed by atoms with van der Waals surface area (Å²) in [5, 5.41) is 0.806. The molecule has 0 aromatic heterocycles. The highest BCUT2D eigenvalue weighted by Gasteiger charge is 2.12. The Bertz CT molecular complexity index is 379. The number of rotatable bonds is 2. The molecule has 0 saturated carbocycles. The van der Waals surface area contributed by atoms with Crippen LogP contribution in [-0.4, -0.2) is 19.2 Å². The predicted molar refractivity (Wildman–Crippen MR) is 55.9 cm³/mol. The normalized spacial score (nSPS) is 9.64. The number of aldehydes is 1. The fraction of sp³-hybridized carbons (Fsp3) is 0.111. The average molecular weight is 232 g/mol. The molecule has 0 aliphatic rings. The van der Waals surface area contributed by atoms with E-state index in [1.54, 1.807) is 12.1 Å². The summed E-state index contributed by atoms with van der Waals surface area (Å²) in [5.41, 5.74) is 0.452. The summed E-state index contributed by atoms with van der Waals surface area (Å²) in [6.07, 6.45) is 0.227. The summed E-state index contributed by atoms with van der Waals surface area (Å²) in [6.45, 7) is 0. The maximum absolute atomic E-state index is 11.0. The first-order valence-electron chi connectivity index (χ1n) is 3.74. The van der Waals surface area contributed by atoms with Crippen LogP contribution in [0.25, 0.3) is 0 Å². The van der Waals surface area contributed by atoms with Crippen LogP contribution in [0, 0.1) is 0 Å². The Labute approximate surface area is 91.2 Å². The third kappa shape index (κ3) is 2.25. The maximum atomic E-state index is 11.0. The van der Waals surface area contributed by atoms with Gasteiger partial charge < -0.3 is 4.90 Å². The van der Waals surface area contributed by atoms with Crippen LogP contribution in [0.2, 0.25) is 10.0 Å². The molecule has 1 rings (SSSR count). The Kier molecular flexibility index (Phi) is 3.49. The van der Waals surface area contributed by atoms with Crippen molar-refractivity contribution in [3.63, 3.8) is 0 Å². The second-order valence-electron chi connectivity index (χ2n) is 2.61. The monoisotopic (exact) mass is 231 g/mol. The number of anilines is 1. The Balaban J connectivity index is 3.07. The van der Waals surface area contributed by atoms with Crippen molar-refractivity contribution in [2.75, 3.05) is 11.9 Å². The van der Waals surface area contributed by atoms with Crippen LogP contribution in [0.5, 0.6) is 0 Å². The van der Waals surface area contributed by atoms with Crippen molar-refractivity contribution in [1.82, 2.24) is 0 Å². The molecule has 0 N–H and O–H groups in total. The average Bonchev–Trinajstić information content (AvgIpc) is 2.15.